The third-order valence-electron chi connectivity index (χ3n) is 8.52. The standard InChI is InChI=1S/C25H27BrN2O4S/c1-27-10-9-24-21-14-3-5-18(29)22(21)32-23(24)17(7-8-25(24,31)19(27)11-14)28(2)20(30)6-4-16-12-15(26)13-33-16/h3-6,12-13,17,19,23,29,31H,7-11H2,1-2H3/b6-4+/t17?,19-,23?,24+,25-/m1/s1. The number of rotatable bonds is 3. The highest BCUT2D eigenvalue weighted by molar-refractivity contribution is 9.10. The maximum Gasteiger partial charge on any atom is 0.246 e. The smallest absolute Gasteiger partial charge is 0.246 e. The van der Waals surface area contributed by atoms with Gasteiger partial charge in [0.2, 0.25) is 5.91 Å². The number of nitrogens with zero attached hydrogens (tertiary/aromatic N) is 2. The first kappa shape index (κ1) is 21.6. The zero-order valence-corrected chi connectivity index (χ0v) is 21.0. The molecular formula is C25H27BrN2O4S. The second-order valence-corrected chi connectivity index (χ2v) is 11.7. The minimum absolute atomic E-state index is 0.000489. The van der Waals surface area contributed by atoms with Crippen molar-refractivity contribution in [2.75, 3.05) is 20.6 Å². The number of piperidine rings is 1. The number of hydrogen-bond donors (Lipinski definition) is 2. The van der Waals surface area contributed by atoms with Gasteiger partial charge < -0.3 is 24.7 Å². The van der Waals surface area contributed by atoms with Crippen LogP contribution in [0, 0.1) is 0 Å². The van der Waals surface area contributed by atoms with Crippen LogP contribution in [0.4, 0.5) is 0 Å². The summed E-state index contributed by atoms with van der Waals surface area (Å²) in [6.45, 7) is 0.846. The van der Waals surface area contributed by atoms with Gasteiger partial charge in [-0.05, 0) is 79.0 Å². The topological polar surface area (TPSA) is 73.2 Å². The van der Waals surface area contributed by atoms with Crippen LogP contribution in [0.5, 0.6) is 11.5 Å². The minimum atomic E-state index is -0.948. The van der Waals surface area contributed by atoms with Crippen molar-refractivity contribution in [2.24, 2.45) is 0 Å². The molecule has 1 spiro atoms. The van der Waals surface area contributed by atoms with E-state index in [0.717, 1.165) is 39.9 Å². The third kappa shape index (κ3) is 2.81. The molecule has 4 aliphatic rings. The molecule has 1 aromatic carbocycles. The second kappa shape index (κ2) is 7.31. The first-order valence-electron chi connectivity index (χ1n) is 11.4. The summed E-state index contributed by atoms with van der Waals surface area (Å²) in [5.74, 6) is 0.537. The zero-order chi connectivity index (χ0) is 23.1. The average molecular weight is 531 g/mol. The van der Waals surface area contributed by atoms with Gasteiger partial charge in [0.1, 0.15) is 6.10 Å². The lowest BCUT2D eigenvalue weighted by molar-refractivity contribution is -0.195. The van der Waals surface area contributed by atoms with Crippen LogP contribution in [-0.2, 0) is 16.6 Å². The zero-order valence-electron chi connectivity index (χ0n) is 18.6. The van der Waals surface area contributed by atoms with Crippen molar-refractivity contribution in [3.05, 3.63) is 50.1 Å². The lowest BCUT2D eigenvalue weighted by Gasteiger charge is -2.64. The number of phenols is 1. The number of phenolic OH excluding ortho intramolecular Hbond substituents is 1. The summed E-state index contributed by atoms with van der Waals surface area (Å²) in [5.41, 5.74) is 0.551. The summed E-state index contributed by atoms with van der Waals surface area (Å²) in [5, 5.41) is 24.9. The van der Waals surface area contributed by atoms with Crippen LogP contribution >= 0.6 is 27.3 Å². The normalized spacial score (nSPS) is 34.2. The Hall–Kier alpha value is -1.87. The minimum Gasteiger partial charge on any atom is -0.504 e. The van der Waals surface area contributed by atoms with Crippen molar-refractivity contribution in [1.29, 1.82) is 0 Å². The van der Waals surface area contributed by atoms with Crippen LogP contribution in [0.1, 0.15) is 35.3 Å². The molecule has 2 aliphatic heterocycles. The quantitative estimate of drug-likeness (QED) is 0.593. The van der Waals surface area contributed by atoms with E-state index in [2.05, 4.69) is 27.9 Å². The molecule has 2 unspecified atom stereocenters. The van der Waals surface area contributed by atoms with Crippen LogP contribution in [-0.4, -0.2) is 70.3 Å². The second-order valence-electron chi connectivity index (χ2n) is 9.89. The summed E-state index contributed by atoms with van der Waals surface area (Å²) in [6.07, 6.45) is 5.78. The maximum atomic E-state index is 13.2. The number of carbonyl (C=O) groups is 1. The van der Waals surface area contributed by atoms with Crippen LogP contribution in [0.25, 0.3) is 6.08 Å². The fourth-order valence-electron chi connectivity index (χ4n) is 6.97. The summed E-state index contributed by atoms with van der Waals surface area (Å²) in [6, 6.07) is 5.47. The third-order valence-corrected chi connectivity index (χ3v) is 10.2. The molecular weight excluding hydrogens is 504 g/mol. The molecule has 8 heteroatoms. The first-order valence-corrected chi connectivity index (χ1v) is 13.1. The van der Waals surface area contributed by atoms with Gasteiger partial charge in [-0.2, -0.15) is 0 Å². The van der Waals surface area contributed by atoms with Crippen molar-refractivity contribution < 1.29 is 19.7 Å². The van der Waals surface area contributed by atoms with Crippen molar-refractivity contribution in [2.45, 2.75) is 54.9 Å². The lowest BCUT2D eigenvalue weighted by atomic mass is 9.48. The van der Waals surface area contributed by atoms with Crippen LogP contribution in [0.15, 0.2) is 34.1 Å². The number of aliphatic hydroxyl groups is 1. The number of amides is 1. The molecule has 6 nitrogen and oxygen atoms in total. The Morgan fingerprint density at radius 3 is 2.97 bits per heavy atom. The molecule has 5 atom stereocenters. The van der Waals surface area contributed by atoms with Gasteiger partial charge >= 0.3 is 0 Å². The number of aromatic hydroxyl groups is 1. The molecule has 6 rings (SSSR count). The number of likely N-dealkylation sites (N-methyl/N-ethyl adjacent to an activating group) is 2. The Labute approximate surface area is 205 Å². The number of likely N-dealkylation sites (tertiary alicyclic amines) is 1. The van der Waals surface area contributed by atoms with Crippen molar-refractivity contribution in [1.82, 2.24) is 9.80 Å². The van der Waals surface area contributed by atoms with E-state index in [1.165, 1.54) is 0 Å². The van der Waals surface area contributed by atoms with Crippen molar-refractivity contribution in [3.8, 4) is 11.5 Å². The number of thiophene rings is 1. The maximum absolute atomic E-state index is 13.2. The van der Waals surface area contributed by atoms with Gasteiger partial charge in [-0.3, -0.25) is 4.79 Å². The molecule has 2 bridgehead atoms. The molecule has 2 N–H and O–H groups in total. The fourth-order valence-corrected chi connectivity index (χ4v) is 8.31. The molecule has 3 heterocycles. The Morgan fingerprint density at radius 2 is 2.21 bits per heavy atom. The number of carbonyl (C=O) groups excluding carboxylic acids is 1. The summed E-state index contributed by atoms with van der Waals surface area (Å²) in [4.78, 5) is 18.2. The highest BCUT2D eigenvalue weighted by atomic mass is 79.9. The Bertz CT molecular complexity index is 1180. The monoisotopic (exact) mass is 530 g/mol. The number of hydrogen-bond acceptors (Lipinski definition) is 6. The van der Waals surface area contributed by atoms with E-state index >= 15 is 0 Å². The Balaban J connectivity index is 1.39. The molecule has 1 amide bonds. The highest BCUT2D eigenvalue weighted by Gasteiger charge is 2.73. The summed E-state index contributed by atoms with van der Waals surface area (Å²) < 4.78 is 7.51. The average Bonchev–Trinajstić information content (AvgIpc) is 3.36. The Kier molecular flexibility index (Phi) is 4.80. The molecule has 0 radical (unpaired) electrons. The summed E-state index contributed by atoms with van der Waals surface area (Å²) >= 11 is 5.02. The molecule has 174 valence electrons. The molecule has 1 aromatic heterocycles. The molecule has 1 saturated heterocycles. The van der Waals surface area contributed by atoms with E-state index in [4.69, 9.17) is 4.74 Å². The predicted octanol–water partition coefficient (Wildman–Crippen LogP) is 3.54. The Morgan fingerprint density at radius 1 is 1.39 bits per heavy atom. The predicted molar refractivity (Wildman–Crippen MR) is 131 cm³/mol. The van der Waals surface area contributed by atoms with E-state index < -0.39 is 17.1 Å². The van der Waals surface area contributed by atoms with Gasteiger partial charge in [0.15, 0.2) is 11.5 Å². The van der Waals surface area contributed by atoms with Crippen molar-refractivity contribution >= 4 is 39.2 Å². The van der Waals surface area contributed by atoms with Gasteiger partial charge in [-0.1, -0.05) is 6.07 Å². The molecule has 2 aromatic rings. The van der Waals surface area contributed by atoms with E-state index in [1.807, 2.05) is 30.6 Å². The van der Waals surface area contributed by atoms with E-state index in [9.17, 15) is 15.0 Å². The van der Waals surface area contributed by atoms with E-state index in [-0.39, 0.29) is 23.7 Å². The lowest BCUT2D eigenvalue weighted by Crippen LogP contribution is -2.77. The van der Waals surface area contributed by atoms with Crippen molar-refractivity contribution in [3.63, 3.8) is 0 Å². The first-order chi connectivity index (χ1) is 15.8. The van der Waals surface area contributed by atoms with Crippen LogP contribution in [0.2, 0.25) is 0 Å². The largest absolute Gasteiger partial charge is 0.504 e. The number of benzene rings is 1. The molecule has 2 aliphatic carbocycles. The SMILES string of the molecule is CN(C(=O)/C=C/c1cc(Br)cs1)C1CC[C@@]2(O)[C@H]3Cc4ccc(O)c5c4[C@@]2(CCN3C)C1O5. The molecule has 33 heavy (non-hydrogen) atoms. The summed E-state index contributed by atoms with van der Waals surface area (Å²) in [7, 11) is 3.91. The molecule has 2 fully saturated rings. The number of ether oxygens (including phenoxy) is 1. The number of halogens is 1. The van der Waals surface area contributed by atoms with Gasteiger partial charge in [-0.25, -0.2) is 0 Å². The highest BCUT2D eigenvalue weighted by Crippen LogP contribution is 2.65. The van der Waals surface area contributed by atoms with Gasteiger partial charge in [-0.15, -0.1) is 11.3 Å². The van der Waals surface area contributed by atoms with Crippen LogP contribution < -0.4 is 4.74 Å². The molecule has 1 saturated carbocycles. The van der Waals surface area contributed by atoms with Crippen LogP contribution in [0.3, 0.4) is 0 Å². The van der Waals surface area contributed by atoms with Gasteiger partial charge in [0, 0.05) is 39.5 Å². The fraction of sp³-hybridized carbons (Fsp3) is 0.480. The van der Waals surface area contributed by atoms with E-state index in [1.54, 1.807) is 28.4 Å². The van der Waals surface area contributed by atoms with Gasteiger partial charge in [0.05, 0.1) is 17.1 Å². The van der Waals surface area contributed by atoms with Gasteiger partial charge in [0.25, 0.3) is 0 Å². The van der Waals surface area contributed by atoms with E-state index in [0.29, 0.717) is 18.6 Å².